The number of carbonyl (C=O) groups is 1. The molecule has 110 valence electrons. The molecule has 20 heavy (non-hydrogen) atoms. The lowest BCUT2D eigenvalue weighted by atomic mass is 10.1. The van der Waals surface area contributed by atoms with Gasteiger partial charge in [-0.3, -0.25) is 0 Å². The topological polar surface area (TPSA) is 49.8 Å². The Hall–Kier alpha value is -1.92. The fourth-order valence-electron chi connectivity index (χ4n) is 2.18. The van der Waals surface area contributed by atoms with Crippen molar-refractivity contribution in [3.05, 3.63) is 29.8 Å². The number of para-hydroxylation sites is 1. The molecule has 1 heterocycles. The van der Waals surface area contributed by atoms with Crippen LogP contribution in [0.4, 0.5) is 18.0 Å². The Kier molecular flexibility index (Phi) is 4.06. The minimum absolute atomic E-state index is 0.0765. The molecule has 0 unspecified atom stereocenters. The maximum Gasteiger partial charge on any atom is 0.419 e. The zero-order valence-corrected chi connectivity index (χ0v) is 10.6. The molecule has 7 heteroatoms. The van der Waals surface area contributed by atoms with Crippen molar-refractivity contribution in [3.63, 3.8) is 0 Å². The van der Waals surface area contributed by atoms with Crippen LogP contribution in [0.1, 0.15) is 12.0 Å². The van der Waals surface area contributed by atoms with E-state index in [1.807, 2.05) is 0 Å². The largest absolute Gasteiger partial charge is 0.493 e. The number of benzene rings is 1. The second-order valence-electron chi connectivity index (χ2n) is 4.69. The van der Waals surface area contributed by atoms with Gasteiger partial charge in [0.25, 0.3) is 0 Å². The summed E-state index contributed by atoms with van der Waals surface area (Å²) < 4.78 is 43.5. The van der Waals surface area contributed by atoms with Gasteiger partial charge < -0.3 is 14.7 Å². The molecular formula is C13H14F3NO3. The predicted molar refractivity (Wildman–Crippen MR) is 64.6 cm³/mol. The van der Waals surface area contributed by atoms with E-state index in [1.165, 1.54) is 23.1 Å². The molecule has 0 radical (unpaired) electrons. The van der Waals surface area contributed by atoms with Gasteiger partial charge in [-0.2, -0.15) is 13.2 Å². The first-order valence-electron chi connectivity index (χ1n) is 6.15. The molecule has 1 atom stereocenters. The van der Waals surface area contributed by atoms with E-state index in [9.17, 15) is 18.0 Å². The van der Waals surface area contributed by atoms with Gasteiger partial charge >= 0.3 is 12.3 Å². The van der Waals surface area contributed by atoms with E-state index in [2.05, 4.69) is 0 Å². The molecule has 0 bridgehead atoms. The first-order valence-corrected chi connectivity index (χ1v) is 6.15. The van der Waals surface area contributed by atoms with Crippen LogP contribution in [0.3, 0.4) is 0 Å². The lowest BCUT2D eigenvalue weighted by Crippen LogP contribution is -2.27. The van der Waals surface area contributed by atoms with Crippen molar-refractivity contribution in [3.8, 4) is 5.75 Å². The molecule has 1 aromatic rings. The van der Waals surface area contributed by atoms with Gasteiger partial charge in [0.05, 0.1) is 12.2 Å². The summed E-state index contributed by atoms with van der Waals surface area (Å²) in [5, 5.41) is 8.80. The van der Waals surface area contributed by atoms with Crippen LogP contribution in [-0.4, -0.2) is 35.8 Å². The van der Waals surface area contributed by atoms with Gasteiger partial charge in [-0.15, -0.1) is 0 Å². The molecule has 0 spiro atoms. The Morgan fingerprint density at radius 3 is 2.70 bits per heavy atom. The van der Waals surface area contributed by atoms with E-state index in [-0.39, 0.29) is 18.3 Å². The first kappa shape index (κ1) is 14.5. The van der Waals surface area contributed by atoms with E-state index in [0.717, 1.165) is 6.07 Å². The normalized spacial score (nSPS) is 19.1. The standard InChI is InChI=1S/C13H14F3NO3/c14-13(15,16)10-3-1-2-4-11(10)20-8-9-5-6-17(7-9)12(18)19/h1-4,9H,5-8H2,(H,18,19)/t9-/m1/s1. The van der Waals surface area contributed by atoms with Crippen LogP contribution in [0.25, 0.3) is 0 Å². The quantitative estimate of drug-likeness (QED) is 0.930. The van der Waals surface area contributed by atoms with Gasteiger partial charge in [-0.05, 0) is 18.6 Å². The van der Waals surface area contributed by atoms with Gasteiger partial charge in [-0.1, -0.05) is 12.1 Å². The first-order chi connectivity index (χ1) is 9.38. The summed E-state index contributed by atoms with van der Waals surface area (Å²) in [7, 11) is 0. The number of ether oxygens (including phenoxy) is 1. The summed E-state index contributed by atoms with van der Waals surface area (Å²) in [6.45, 7) is 0.769. The highest BCUT2D eigenvalue weighted by Gasteiger charge is 2.34. The van der Waals surface area contributed by atoms with Crippen LogP contribution < -0.4 is 4.74 Å². The van der Waals surface area contributed by atoms with E-state index in [0.29, 0.717) is 19.5 Å². The van der Waals surface area contributed by atoms with Gasteiger partial charge in [0.15, 0.2) is 0 Å². The highest BCUT2D eigenvalue weighted by molar-refractivity contribution is 5.65. The van der Waals surface area contributed by atoms with Crippen molar-refractivity contribution in [2.75, 3.05) is 19.7 Å². The summed E-state index contributed by atoms with van der Waals surface area (Å²) in [5.41, 5.74) is -0.812. The third-order valence-electron chi connectivity index (χ3n) is 3.22. The molecule has 0 saturated carbocycles. The number of likely N-dealkylation sites (tertiary alicyclic amines) is 1. The number of hydrogen-bond donors (Lipinski definition) is 1. The van der Waals surface area contributed by atoms with Gasteiger partial charge in [-0.25, -0.2) is 4.79 Å². The number of alkyl halides is 3. The second-order valence-corrected chi connectivity index (χ2v) is 4.69. The van der Waals surface area contributed by atoms with Crippen LogP contribution in [0.2, 0.25) is 0 Å². The Bertz CT molecular complexity index is 490. The minimum atomic E-state index is -4.46. The van der Waals surface area contributed by atoms with Gasteiger partial charge in [0.2, 0.25) is 0 Å². The Morgan fingerprint density at radius 1 is 1.40 bits per heavy atom. The van der Waals surface area contributed by atoms with E-state index in [1.54, 1.807) is 0 Å². The molecule has 1 saturated heterocycles. The highest BCUT2D eigenvalue weighted by Crippen LogP contribution is 2.36. The van der Waals surface area contributed by atoms with Crippen LogP contribution >= 0.6 is 0 Å². The van der Waals surface area contributed by atoms with Gasteiger partial charge in [0.1, 0.15) is 5.75 Å². The second kappa shape index (κ2) is 5.60. The van der Waals surface area contributed by atoms with Crippen molar-refractivity contribution in [2.24, 2.45) is 5.92 Å². The Balaban J connectivity index is 1.97. The fourth-order valence-corrected chi connectivity index (χ4v) is 2.18. The molecule has 1 aliphatic rings. The van der Waals surface area contributed by atoms with Gasteiger partial charge in [0, 0.05) is 19.0 Å². The number of carboxylic acid groups (broad SMARTS) is 1. The van der Waals surface area contributed by atoms with Crippen LogP contribution in [0.15, 0.2) is 24.3 Å². The Labute approximate surface area is 113 Å². The Morgan fingerprint density at radius 2 is 2.10 bits per heavy atom. The number of halogens is 3. The van der Waals surface area contributed by atoms with E-state index in [4.69, 9.17) is 9.84 Å². The third kappa shape index (κ3) is 3.34. The number of amides is 1. The molecular weight excluding hydrogens is 275 g/mol. The zero-order chi connectivity index (χ0) is 14.8. The molecule has 1 aromatic carbocycles. The molecule has 0 aliphatic carbocycles. The lowest BCUT2D eigenvalue weighted by Gasteiger charge is -2.16. The van der Waals surface area contributed by atoms with Crippen molar-refractivity contribution in [1.82, 2.24) is 4.90 Å². The highest BCUT2D eigenvalue weighted by atomic mass is 19.4. The molecule has 0 aromatic heterocycles. The molecule has 4 nitrogen and oxygen atoms in total. The third-order valence-corrected chi connectivity index (χ3v) is 3.22. The van der Waals surface area contributed by atoms with E-state index >= 15 is 0 Å². The molecule has 1 amide bonds. The minimum Gasteiger partial charge on any atom is -0.493 e. The monoisotopic (exact) mass is 289 g/mol. The van der Waals surface area contributed by atoms with Crippen molar-refractivity contribution in [2.45, 2.75) is 12.6 Å². The van der Waals surface area contributed by atoms with E-state index < -0.39 is 17.8 Å². The smallest absolute Gasteiger partial charge is 0.419 e. The lowest BCUT2D eigenvalue weighted by molar-refractivity contribution is -0.139. The fraction of sp³-hybridized carbons (Fsp3) is 0.462. The van der Waals surface area contributed by atoms with Crippen molar-refractivity contribution >= 4 is 6.09 Å². The summed E-state index contributed by atoms with van der Waals surface area (Å²) in [6.07, 6.45) is -4.87. The van der Waals surface area contributed by atoms with Crippen LogP contribution in [0.5, 0.6) is 5.75 Å². The molecule has 1 fully saturated rings. The van der Waals surface area contributed by atoms with Crippen LogP contribution in [-0.2, 0) is 6.18 Å². The number of nitrogens with zero attached hydrogens (tertiary/aromatic N) is 1. The van der Waals surface area contributed by atoms with Crippen LogP contribution in [0, 0.1) is 5.92 Å². The SMILES string of the molecule is O=C(O)N1CC[C@@H](COc2ccccc2C(F)(F)F)C1. The molecule has 1 aliphatic heterocycles. The van der Waals surface area contributed by atoms with Crippen molar-refractivity contribution < 1.29 is 27.8 Å². The number of rotatable bonds is 3. The predicted octanol–water partition coefficient (Wildman–Crippen LogP) is 3.08. The number of hydrogen-bond acceptors (Lipinski definition) is 2. The maximum atomic E-state index is 12.8. The summed E-state index contributed by atoms with van der Waals surface area (Å²) >= 11 is 0. The molecule has 2 rings (SSSR count). The average molecular weight is 289 g/mol. The summed E-state index contributed by atoms with van der Waals surface area (Å²) in [4.78, 5) is 12.0. The summed E-state index contributed by atoms with van der Waals surface area (Å²) in [6, 6.07) is 5.01. The maximum absolute atomic E-state index is 12.8. The van der Waals surface area contributed by atoms with Crippen molar-refractivity contribution in [1.29, 1.82) is 0 Å². The average Bonchev–Trinajstić information content (AvgIpc) is 2.84. The molecule has 1 N–H and O–H groups in total. The zero-order valence-electron chi connectivity index (χ0n) is 10.6. The summed E-state index contributed by atoms with van der Waals surface area (Å²) in [5.74, 6) is -0.291.